The van der Waals surface area contributed by atoms with Gasteiger partial charge in [-0.2, -0.15) is 4.98 Å². The highest BCUT2D eigenvalue weighted by Crippen LogP contribution is 2.26. The van der Waals surface area contributed by atoms with E-state index in [1.54, 1.807) is 18.4 Å². The van der Waals surface area contributed by atoms with E-state index in [0.29, 0.717) is 11.8 Å². The third-order valence-electron chi connectivity index (χ3n) is 1.71. The predicted octanol–water partition coefficient (Wildman–Crippen LogP) is 2.15. The SMILES string of the molecule is CNc1nc(-c2sccc2C)no1. The number of nitrogens with one attached hydrogen (secondary N) is 1. The summed E-state index contributed by atoms with van der Waals surface area (Å²) in [6, 6.07) is 2.48. The molecule has 0 saturated carbocycles. The molecule has 2 aromatic heterocycles. The Morgan fingerprint density at radius 2 is 2.38 bits per heavy atom. The lowest BCUT2D eigenvalue weighted by Crippen LogP contribution is -1.86. The number of thiophene rings is 1. The van der Waals surface area contributed by atoms with Gasteiger partial charge in [0, 0.05) is 7.05 Å². The Labute approximate surface area is 79.6 Å². The Bertz CT molecular complexity index is 407. The van der Waals surface area contributed by atoms with Gasteiger partial charge in [0.2, 0.25) is 5.82 Å². The van der Waals surface area contributed by atoms with E-state index < -0.39 is 0 Å². The average Bonchev–Trinajstić information content (AvgIpc) is 2.71. The molecule has 5 heteroatoms. The number of anilines is 1. The van der Waals surface area contributed by atoms with Gasteiger partial charge in [-0.1, -0.05) is 5.16 Å². The Kier molecular flexibility index (Phi) is 2.02. The fraction of sp³-hybridized carbons (Fsp3) is 0.250. The van der Waals surface area contributed by atoms with Crippen LogP contribution in [-0.2, 0) is 0 Å². The van der Waals surface area contributed by atoms with Crippen molar-refractivity contribution in [3.63, 3.8) is 0 Å². The molecule has 13 heavy (non-hydrogen) atoms. The van der Waals surface area contributed by atoms with Crippen molar-refractivity contribution in [3.8, 4) is 10.7 Å². The van der Waals surface area contributed by atoms with Gasteiger partial charge >= 0.3 is 6.01 Å². The second kappa shape index (κ2) is 3.18. The quantitative estimate of drug-likeness (QED) is 0.797. The molecule has 0 aliphatic carbocycles. The molecule has 0 atom stereocenters. The normalized spacial score (nSPS) is 10.3. The van der Waals surface area contributed by atoms with Crippen molar-refractivity contribution in [2.24, 2.45) is 0 Å². The Morgan fingerprint density at radius 3 is 2.92 bits per heavy atom. The summed E-state index contributed by atoms with van der Waals surface area (Å²) in [6.07, 6.45) is 0. The topological polar surface area (TPSA) is 51.0 Å². The summed E-state index contributed by atoms with van der Waals surface area (Å²) in [4.78, 5) is 5.21. The molecule has 0 bridgehead atoms. The highest BCUT2D eigenvalue weighted by molar-refractivity contribution is 7.13. The van der Waals surface area contributed by atoms with Crippen LogP contribution in [0.15, 0.2) is 16.0 Å². The molecule has 0 unspecified atom stereocenters. The van der Waals surface area contributed by atoms with Crippen LogP contribution in [0.5, 0.6) is 0 Å². The van der Waals surface area contributed by atoms with E-state index in [9.17, 15) is 0 Å². The molecule has 0 aromatic carbocycles. The van der Waals surface area contributed by atoms with E-state index in [-0.39, 0.29) is 0 Å². The third-order valence-corrected chi connectivity index (χ3v) is 2.72. The Morgan fingerprint density at radius 1 is 1.54 bits per heavy atom. The van der Waals surface area contributed by atoms with Crippen LogP contribution in [0.25, 0.3) is 10.7 Å². The maximum absolute atomic E-state index is 4.93. The standard InChI is InChI=1S/C8H9N3OS/c1-5-3-4-13-6(5)7-10-8(9-2)12-11-7/h3-4H,1-2H3,(H,9,10,11). The van der Waals surface area contributed by atoms with Crippen LogP contribution < -0.4 is 5.32 Å². The fourth-order valence-electron chi connectivity index (χ4n) is 1.02. The molecular formula is C8H9N3OS. The first-order chi connectivity index (χ1) is 6.31. The van der Waals surface area contributed by atoms with E-state index in [4.69, 9.17) is 4.52 Å². The molecule has 0 aliphatic heterocycles. The summed E-state index contributed by atoms with van der Waals surface area (Å²) in [5.74, 6) is 0.650. The lowest BCUT2D eigenvalue weighted by atomic mass is 10.3. The van der Waals surface area contributed by atoms with Crippen LogP contribution in [0.4, 0.5) is 6.01 Å². The molecule has 0 fully saturated rings. The maximum atomic E-state index is 4.93. The molecule has 0 amide bonds. The largest absolute Gasteiger partial charge is 0.341 e. The zero-order chi connectivity index (χ0) is 9.26. The summed E-state index contributed by atoms with van der Waals surface area (Å²) >= 11 is 1.61. The fourth-order valence-corrected chi connectivity index (χ4v) is 1.87. The summed E-state index contributed by atoms with van der Waals surface area (Å²) in [5, 5.41) is 8.66. The highest BCUT2D eigenvalue weighted by atomic mass is 32.1. The second-order valence-electron chi connectivity index (χ2n) is 2.61. The van der Waals surface area contributed by atoms with Gasteiger partial charge in [0.1, 0.15) is 0 Å². The third kappa shape index (κ3) is 1.42. The molecule has 4 nitrogen and oxygen atoms in total. The second-order valence-corrected chi connectivity index (χ2v) is 3.52. The number of aryl methyl sites for hydroxylation is 1. The summed E-state index contributed by atoms with van der Waals surface area (Å²) in [7, 11) is 1.75. The highest BCUT2D eigenvalue weighted by Gasteiger charge is 2.10. The lowest BCUT2D eigenvalue weighted by molar-refractivity contribution is 0.434. The first-order valence-electron chi connectivity index (χ1n) is 3.87. The molecule has 1 N–H and O–H groups in total. The Balaban J connectivity index is 2.41. The zero-order valence-electron chi connectivity index (χ0n) is 7.37. The van der Waals surface area contributed by atoms with Gasteiger partial charge in [-0.15, -0.1) is 11.3 Å². The molecule has 0 radical (unpaired) electrons. The molecule has 0 saturated heterocycles. The Hall–Kier alpha value is -1.36. The van der Waals surface area contributed by atoms with Crippen molar-refractivity contribution in [2.45, 2.75) is 6.92 Å². The summed E-state index contributed by atoms with van der Waals surface area (Å²) in [6.45, 7) is 2.03. The molecule has 0 aliphatic rings. The minimum atomic E-state index is 0.447. The number of aromatic nitrogens is 2. The van der Waals surface area contributed by atoms with Crippen molar-refractivity contribution in [3.05, 3.63) is 17.0 Å². The molecular weight excluding hydrogens is 186 g/mol. The predicted molar refractivity (Wildman–Crippen MR) is 51.9 cm³/mol. The van der Waals surface area contributed by atoms with Gasteiger partial charge in [-0.3, -0.25) is 0 Å². The summed E-state index contributed by atoms with van der Waals surface area (Å²) < 4.78 is 4.93. The minimum absolute atomic E-state index is 0.447. The lowest BCUT2D eigenvalue weighted by Gasteiger charge is -1.88. The zero-order valence-corrected chi connectivity index (χ0v) is 8.18. The van der Waals surface area contributed by atoms with Gasteiger partial charge < -0.3 is 9.84 Å². The first kappa shape index (κ1) is 8.25. The maximum Gasteiger partial charge on any atom is 0.321 e. The van der Waals surface area contributed by atoms with Gasteiger partial charge in [0.05, 0.1) is 4.88 Å². The molecule has 2 heterocycles. The van der Waals surface area contributed by atoms with Crippen molar-refractivity contribution < 1.29 is 4.52 Å². The molecule has 2 rings (SSSR count). The van der Waals surface area contributed by atoms with E-state index >= 15 is 0 Å². The number of rotatable bonds is 2. The van der Waals surface area contributed by atoms with Crippen LogP contribution in [0.3, 0.4) is 0 Å². The van der Waals surface area contributed by atoms with Crippen molar-refractivity contribution in [1.29, 1.82) is 0 Å². The van der Waals surface area contributed by atoms with Crippen molar-refractivity contribution >= 4 is 17.4 Å². The average molecular weight is 195 g/mol. The molecule has 2 aromatic rings. The smallest absolute Gasteiger partial charge is 0.321 e. The van der Waals surface area contributed by atoms with E-state index in [0.717, 1.165) is 4.88 Å². The van der Waals surface area contributed by atoms with Crippen molar-refractivity contribution in [2.75, 3.05) is 12.4 Å². The van der Waals surface area contributed by atoms with Crippen LogP contribution in [0.2, 0.25) is 0 Å². The van der Waals surface area contributed by atoms with E-state index in [1.807, 2.05) is 18.4 Å². The van der Waals surface area contributed by atoms with Crippen LogP contribution in [0.1, 0.15) is 5.56 Å². The molecule has 68 valence electrons. The van der Waals surface area contributed by atoms with Crippen molar-refractivity contribution in [1.82, 2.24) is 10.1 Å². The van der Waals surface area contributed by atoms with Gasteiger partial charge in [0.15, 0.2) is 0 Å². The number of hydrogen-bond acceptors (Lipinski definition) is 5. The van der Waals surface area contributed by atoms with Crippen LogP contribution in [0, 0.1) is 6.92 Å². The monoisotopic (exact) mass is 195 g/mol. The van der Waals surface area contributed by atoms with Gasteiger partial charge in [0.25, 0.3) is 0 Å². The number of hydrogen-bond donors (Lipinski definition) is 1. The van der Waals surface area contributed by atoms with E-state index in [2.05, 4.69) is 15.5 Å². The van der Waals surface area contributed by atoms with Crippen LogP contribution in [-0.4, -0.2) is 17.2 Å². The van der Waals surface area contributed by atoms with Crippen LogP contribution >= 0.6 is 11.3 Å². The summed E-state index contributed by atoms with van der Waals surface area (Å²) in [5.41, 5.74) is 1.17. The minimum Gasteiger partial charge on any atom is -0.341 e. The van der Waals surface area contributed by atoms with E-state index in [1.165, 1.54) is 5.56 Å². The molecule has 0 spiro atoms. The van der Waals surface area contributed by atoms with Gasteiger partial charge in [-0.25, -0.2) is 0 Å². The van der Waals surface area contributed by atoms with Gasteiger partial charge in [-0.05, 0) is 23.9 Å². The number of nitrogens with zero attached hydrogens (tertiary/aromatic N) is 2. The first-order valence-corrected chi connectivity index (χ1v) is 4.75.